The summed E-state index contributed by atoms with van der Waals surface area (Å²) in [5.41, 5.74) is 1.57. The second-order valence-corrected chi connectivity index (χ2v) is 13.3. The van der Waals surface area contributed by atoms with Crippen LogP contribution in [-0.4, -0.2) is 84.8 Å². The van der Waals surface area contributed by atoms with Gasteiger partial charge in [0, 0.05) is 90.3 Å². The molecule has 238 valence electrons. The Balaban J connectivity index is 1.21. The van der Waals surface area contributed by atoms with Crippen molar-refractivity contribution < 1.29 is 22.2 Å². The highest BCUT2D eigenvalue weighted by molar-refractivity contribution is 7.84. The van der Waals surface area contributed by atoms with E-state index in [-0.39, 0.29) is 29.4 Å². The Bertz CT molecular complexity index is 1780. The van der Waals surface area contributed by atoms with Gasteiger partial charge >= 0.3 is 11.9 Å². The SMILES string of the molecule is CC1CN(c2ccc(C(F)(F)F)cc2-c2cnc(N3CCC(S(C)=O)CC3)nc2)CCN1C(=O)Cn1c(=O)[nH]c2ccccc21. The van der Waals surface area contributed by atoms with Crippen molar-refractivity contribution in [3.8, 4) is 11.1 Å². The van der Waals surface area contributed by atoms with Gasteiger partial charge < -0.3 is 19.7 Å². The van der Waals surface area contributed by atoms with E-state index >= 15 is 0 Å². The Morgan fingerprint density at radius 3 is 2.40 bits per heavy atom. The number of piperidine rings is 1. The Hall–Kier alpha value is -4.20. The predicted octanol–water partition coefficient (Wildman–Crippen LogP) is 3.89. The van der Waals surface area contributed by atoms with Crippen LogP contribution in [0.2, 0.25) is 0 Å². The van der Waals surface area contributed by atoms with Crippen LogP contribution in [0.5, 0.6) is 0 Å². The molecule has 6 rings (SSSR count). The third kappa shape index (κ3) is 6.33. The van der Waals surface area contributed by atoms with Crippen molar-refractivity contribution in [2.24, 2.45) is 0 Å². The van der Waals surface area contributed by atoms with Gasteiger partial charge in [-0.15, -0.1) is 0 Å². The van der Waals surface area contributed by atoms with Gasteiger partial charge in [-0.3, -0.25) is 13.6 Å². The number of nitrogens with one attached hydrogen (secondary N) is 1. The molecule has 2 saturated heterocycles. The van der Waals surface area contributed by atoms with Crippen LogP contribution >= 0.6 is 0 Å². The number of hydrogen-bond donors (Lipinski definition) is 1. The molecule has 10 nitrogen and oxygen atoms in total. The number of alkyl halides is 3. The minimum Gasteiger partial charge on any atom is -0.367 e. The number of rotatable bonds is 6. The van der Waals surface area contributed by atoms with Crippen molar-refractivity contribution in [1.82, 2.24) is 24.4 Å². The van der Waals surface area contributed by atoms with E-state index in [4.69, 9.17) is 0 Å². The fraction of sp³-hybridized carbons (Fsp3) is 0.419. The number of anilines is 2. The summed E-state index contributed by atoms with van der Waals surface area (Å²) in [5, 5.41) is 0.141. The van der Waals surface area contributed by atoms with E-state index in [2.05, 4.69) is 15.0 Å². The first-order valence-corrected chi connectivity index (χ1v) is 16.4. The number of aromatic nitrogens is 4. The van der Waals surface area contributed by atoms with Crippen molar-refractivity contribution in [1.29, 1.82) is 0 Å². The Labute approximate surface area is 260 Å². The molecule has 4 heterocycles. The predicted molar refractivity (Wildman–Crippen MR) is 168 cm³/mol. The van der Waals surface area contributed by atoms with Crippen LogP contribution in [0.25, 0.3) is 22.2 Å². The van der Waals surface area contributed by atoms with E-state index in [1.165, 1.54) is 10.6 Å². The molecule has 0 aliphatic carbocycles. The number of hydrogen-bond acceptors (Lipinski definition) is 7. The fourth-order valence-electron chi connectivity index (χ4n) is 6.27. The van der Waals surface area contributed by atoms with Crippen molar-refractivity contribution in [2.75, 3.05) is 48.8 Å². The van der Waals surface area contributed by atoms with Gasteiger partial charge in [-0.05, 0) is 50.1 Å². The Morgan fingerprint density at radius 1 is 1.02 bits per heavy atom. The maximum Gasteiger partial charge on any atom is 0.416 e. The fourth-order valence-corrected chi connectivity index (χ4v) is 7.14. The van der Waals surface area contributed by atoms with Gasteiger partial charge in [0.1, 0.15) is 6.54 Å². The molecule has 0 bridgehead atoms. The van der Waals surface area contributed by atoms with Gasteiger partial charge in [0.05, 0.1) is 16.6 Å². The number of benzene rings is 2. The monoisotopic (exact) mass is 641 g/mol. The van der Waals surface area contributed by atoms with E-state index in [0.29, 0.717) is 66.5 Å². The van der Waals surface area contributed by atoms with Gasteiger partial charge in [-0.2, -0.15) is 13.2 Å². The summed E-state index contributed by atoms with van der Waals surface area (Å²) in [7, 11) is -0.889. The Morgan fingerprint density at radius 2 is 1.73 bits per heavy atom. The molecule has 4 aromatic rings. The summed E-state index contributed by atoms with van der Waals surface area (Å²) >= 11 is 0. The molecule has 1 N–H and O–H groups in total. The van der Waals surface area contributed by atoms with Gasteiger partial charge in [0.25, 0.3) is 0 Å². The molecular formula is C31H34F3N7O3S. The molecule has 2 fully saturated rings. The standard InChI is InChI=1S/C31H34F3N7O3S/c1-20-18-39(13-14-40(20)28(42)19-41-27-6-4-3-5-25(27)37-30(41)43)26-8-7-22(31(32,33)34)15-24(26)21-16-35-29(36-17-21)38-11-9-23(10-12-38)45(2)44/h3-8,15-17,20,23H,9-14,18-19H2,1-2H3,(H,37,43). The maximum atomic E-state index is 13.8. The largest absolute Gasteiger partial charge is 0.416 e. The molecule has 0 spiro atoms. The van der Waals surface area contributed by atoms with Crippen LogP contribution in [0.1, 0.15) is 25.3 Å². The molecule has 2 unspecified atom stereocenters. The molecule has 0 radical (unpaired) electrons. The van der Waals surface area contributed by atoms with E-state index in [0.717, 1.165) is 25.0 Å². The number of aromatic amines is 1. The zero-order valence-electron chi connectivity index (χ0n) is 25.0. The Kier molecular flexibility index (Phi) is 8.42. The molecule has 1 amide bonds. The number of halogens is 3. The van der Waals surface area contributed by atoms with Gasteiger partial charge in [-0.25, -0.2) is 14.8 Å². The van der Waals surface area contributed by atoms with Gasteiger partial charge in [-0.1, -0.05) is 12.1 Å². The molecule has 14 heteroatoms. The lowest BCUT2D eigenvalue weighted by atomic mass is 10.0. The van der Waals surface area contributed by atoms with Crippen molar-refractivity contribution in [3.05, 3.63) is 70.9 Å². The molecular weight excluding hydrogens is 607 g/mol. The van der Waals surface area contributed by atoms with E-state index < -0.39 is 22.5 Å². The van der Waals surface area contributed by atoms with Crippen molar-refractivity contribution in [3.63, 3.8) is 0 Å². The van der Waals surface area contributed by atoms with Crippen LogP contribution < -0.4 is 15.5 Å². The summed E-state index contributed by atoms with van der Waals surface area (Å²) in [4.78, 5) is 43.3. The van der Waals surface area contributed by atoms with E-state index in [9.17, 15) is 27.0 Å². The number of carbonyl (C=O) groups excluding carboxylic acids is 1. The van der Waals surface area contributed by atoms with Crippen molar-refractivity contribution in [2.45, 2.75) is 43.8 Å². The van der Waals surface area contributed by atoms with Gasteiger partial charge in [0.2, 0.25) is 11.9 Å². The minimum absolute atomic E-state index is 0.115. The highest BCUT2D eigenvalue weighted by atomic mass is 32.2. The topological polar surface area (TPSA) is 107 Å². The maximum absolute atomic E-state index is 13.8. The first kappa shape index (κ1) is 30.8. The smallest absolute Gasteiger partial charge is 0.367 e. The third-order valence-electron chi connectivity index (χ3n) is 8.73. The summed E-state index contributed by atoms with van der Waals surface area (Å²) in [6.45, 7) is 4.22. The zero-order chi connectivity index (χ0) is 31.9. The van der Waals surface area contributed by atoms with Crippen molar-refractivity contribution >= 4 is 39.4 Å². The number of para-hydroxylation sites is 2. The average molecular weight is 642 g/mol. The number of carbonyl (C=O) groups is 1. The second kappa shape index (κ2) is 12.3. The van der Waals surface area contributed by atoms with Crippen LogP contribution in [0.15, 0.2) is 59.7 Å². The summed E-state index contributed by atoms with van der Waals surface area (Å²) < 4.78 is 54.6. The molecule has 2 aromatic carbocycles. The molecule has 0 saturated carbocycles. The zero-order valence-corrected chi connectivity index (χ0v) is 25.8. The molecule has 45 heavy (non-hydrogen) atoms. The number of amides is 1. The quantitative estimate of drug-likeness (QED) is 0.341. The van der Waals surface area contributed by atoms with E-state index in [1.54, 1.807) is 41.7 Å². The minimum atomic E-state index is -4.53. The van der Waals surface area contributed by atoms with Gasteiger partial charge in [0.15, 0.2) is 0 Å². The highest BCUT2D eigenvalue weighted by Crippen LogP contribution is 2.38. The number of fused-ring (bicyclic) bond motifs is 1. The second-order valence-electron chi connectivity index (χ2n) is 11.6. The molecule has 2 aliphatic heterocycles. The van der Waals surface area contributed by atoms with Crippen LogP contribution in [-0.2, 0) is 28.3 Å². The lowest BCUT2D eigenvalue weighted by Gasteiger charge is -2.41. The average Bonchev–Trinajstić information content (AvgIpc) is 3.34. The van der Waals surface area contributed by atoms with Crippen LogP contribution in [0.3, 0.4) is 0 Å². The molecule has 2 aromatic heterocycles. The third-order valence-corrected chi connectivity index (χ3v) is 10.1. The lowest BCUT2D eigenvalue weighted by Crippen LogP contribution is -2.55. The number of imidazole rings is 1. The number of piperazine rings is 1. The molecule has 2 atom stereocenters. The van der Waals surface area contributed by atoms with Crippen LogP contribution in [0.4, 0.5) is 24.8 Å². The first-order chi connectivity index (χ1) is 21.5. The number of H-pyrrole nitrogens is 1. The normalized spacial score (nSPS) is 18.9. The summed E-state index contributed by atoms with van der Waals surface area (Å²) in [5.74, 6) is 0.280. The van der Waals surface area contributed by atoms with Crippen LogP contribution in [0, 0.1) is 0 Å². The van der Waals surface area contributed by atoms with E-state index in [1.807, 2.05) is 22.8 Å². The number of nitrogens with zero attached hydrogens (tertiary/aromatic N) is 6. The summed E-state index contributed by atoms with van der Waals surface area (Å²) in [6.07, 6.45) is 1.80. The first-order valence-electron chi connectivity index (χ1n) is 14.8. The highest BCUT2D eigenvalue weighted by Gasteiger charge is 2.34. The lowest BCUT2D eigenvalue weighted by molar-refractivity contribution is -0.137. The molecule has 2 aliphatic rings. The summed E-state index contributed by atoms with van der Waals surface area (Å²) in [6, 6.07) is 10.6.